The van der Waals surface area contributed by atoms with Gasteiger partial charge in [-0.25, -0.2) is 4.98 Å². The average Bonchev–Trinajstić information content (AvgIpc) is 2.86. The van der Waals surface area contributed by atoms with E-state index in [2.05, 4.69) is 30.3 Å². The van der Waals surface area contributed by atoms with Crippen LogP contribution in [0.1, 0.15) is 45.9 Å². The molecule has 102 valence electrons. The second-order valence-electron chi connectivity index (χ2n) is 5.91. The molecule has 2 heterocycles. The summed E-state index contributed by atoms with van der Waals surface area (Å²) in [6, 6.07) is 0.201. The molecule has 0 spiro atoms. The fourth-order valence-corrected chi connectivity index (χ4v) is 2.50. The SMILES string of the molecule is CCC(N)Cc1nccn1CC1CCC(C)(C)O1. The van der Waals surface area contributed by atoms with Crippen LogP contribution < -0.4 is 5.73 Å². The molecular formula is C14H25N3O. The zero-order valence-electron chi connectivity index (χ0n) is 11.7. The Labute approximate surface area is 110 Å². The molecule has 1 aromatic heterocycles. The van der Waals surface area contributed by atoms with Crippen LogP contribution in [-0.2, 0) is 17.7 Å². The third-order valence-corrected chi connectivity index (χ3v) is 3.73. The summed E-state index contributed by atoms with van der Waals surface area (Å²) >= 11 is 0. The number of nitrogens with two attached hydrogens (primary N) is 1. The zero-order valence-corrected chi connectivity index (χ0v) is 11.7. The molecule has 2 atom stereocenters. The van der Waals surface area contributed by atoms with Crippen molar-refractivity contribution in [3.8, 4) is 0 Å². The first kappa shape index (κ1) is 13.6. The summed E-state index contributed by atoms with van der Waals surface area (Å²) in [7, 11) is 0. The van der Waals surface area contributed by atoms with Gasteiger partial charge in [0.25, 0.3) is 0 Å². The van der Waals surface area contributed by atoms with E-state index in [-0.39, 0.29) is 11.6 Å². The highest BCUT2D eigenvalue weighted by molar-refractivity contribution is 4.96. The molecule has 1 aliphatic heterocycles. The third-order valence-electron chi connectivity index (χ3n) is 3.73. The maximum Gasteiger partial charge on any atom is 0.110 e. The van der Waals surface area contributed by atoms with Crippen LogP contribution in [0, 0.1) is 0 Å². The molecule has 0 amide bonds. The van der Waals surface area contributed by atoms with Gasteiger partial charge in [0, 0.05) is 24.9 Å². The Kier molecular flexibility index (Phi) is 4.07. The molecule has 1 aliphatic rings. The Bertz CT molecular complexity index is 386. The highest BCUT2D eigenvalue weighted by atomic mass is 16.5. The Morgan fingerprint density at radius 1 is 1.61 bits per heavy atom. The van der Waals surface area contributed by atoms with Crippen LogP contribution in [0.2, 0.25) is 0 Å². The predicted octanol–water partition coefficient (Wildman–Crippen LogP) is 2.12. The van der Waals surface area contributed by atoms with Gasteiger partial charge in [0.05, 0.1) is 18.2 Å². The largest absolute Gasteiger partial charge is 0.370 e. The molecular weight excluding hydrogens is 226 g/mol. The summed E-state index contributed by atoms with van der Waals surface area (Å²) in [5.74, 6) is 1.08. The van der Waals surface area contributed by atoms with Crippen LogP contribution in [0.3, 0.4) is 0 Å². The molecule has 1 saturated heterocycles. The van der Waals surface area contributed by atoms with Gasteiger partial charge in [-0.3, -0.25) is 0 Å². The van der Waals surface area contributed by atoms with Crippen molar-refractivity contribution in [2.24, 2.45) is 5.73 Å². The molecule has 1 aromatic rings. The van der Waals surface area contributed by atoms with E-state index >= 15 is 0 Å². The zero-order chi connectivity index (χ0) is 13.2. The number of hydrogen-bond acceptors (Lipinski definition) is 3. The Morgan fingerprint density at radius 2 is 2.39 bits per heavy atom. The molecule has 0 saturated carbocycles. The fourth-order valence-electron chi connectivity index (χ4n) is 2.50. The number of rotatable bonds is 5. The van der Waals surface area contributed by atoms with Gasteiger partial charge in [-0.1, -0.05) is 6.92 Å². The van der Waals surface area contributed by atoms with Gasteiger partial charge in [-0.15, -0.1) is 0 Å². The average molecular weight is 251 g/mol. The number of hydrogen-bond donors (Lipinski definition) is 1. The Balaban J connectivity index is 1.96. The van der Waals surface area contributed by atoms with E-state index in [0.29, 0.717) is 6.10 Å². The van der Waals surface area contributed by atoms with Crippen LogP contribution in [-0.4, -0.2) is 27.3 Å². The van der Waals surface area contributed by atoms with E-state index in [1.165, 1.54) is 0 Å². The fraction of sp³-hybridized carbons (Fsp3) is 0.786. The summed E-state index contributed by atoms with van der Waals surface area (Å²) in [5, 5.41) is 0. The van der Waals surface area contributed by atoms with Crippen molar-refractivity contribution in [1.29, 1.82) is 0 Å². The quantitative estimate of drug-likeness (QED) is 0.872. The molecule has 0 radical (unpaired) electrons. The molecule has 4 heteroatoms. The summed E-state index contributed by atoms with van der Waals surface area (Å²) in [6.07, 6.45) is 8.30. The van der Waals surface area contributed by atoms with Crippen molar-refractivity contribution in [2.75, 3.05) is 0 Å². The maximum absolute atomic E-state index is 6.03. The van der Waals surface area contributed by atoms with E-state index in [9.17, 15) is 0 Å². The van der Waals surface area contributed by atoms with Crippen molar-refractivity contribution >= 4 is 0 Å². The minimum atomic E-state index is 0.0330. The van der Waals surface area contributed by atoms with E-state index in [1.54, 1.807) is 0 Å². The standard InChI is InChI=1S/C14H25N3O/c1-4-11(15)9-13-16-7-8-17(13)10-12-5-6-14(2,3)18-12/h7-8,11-12H,4-6,9-10,15H2,1-3H3. The van der Waals surface area contributed by atoms with Crippen LogP contribution in [0.25, 0.3) is 0 Å². The first-order chi connectivity index (χ1) is 8.50. The smallest absolute Gasteiger partial charge is 0.110 e. The van der Waals surface area contributed by atoms with Gasteiger partial charge in [-0.05, 0) is 33.1 Å². The van der Waals surface area contributed by atoms with Gasteiger partial charge in [0.15, 0.2) is 0 Å². The van der Waals surface area contributed by atoms with Crippen molar-refractivity contribution in [3.63, 3.8) is 0 Å². The third kappa shape index (κ3) is 3.33. The normalized spacial score (nSPS) is 24.3. The van der Waals surface area contributed by atoms with Crippen molar-refractivity contribution in [2.45, 2.75) is 70.7 Å². The van der Waals surface area contributed by atoms with Crippen LogP contribution >= 0.6 is 0 Å². The summed E-state index contributed by atoms with van der Waals surface area (Å²) in [6.45, 7) is 7.33. The van der Waals surface area contributed by atoms with Gasteiger partial charge in [-0.2, -0.15) is 0 Å². The molecule has 18 heavy (non-hydrogen) atoms. The number of aromatic nitrogens is 2. The lowest BCUT2D eigenvalue weighted by molar-refractivity contribution is -0.0220. The summed E-state index contributed by atoms with van der Waals surface area (Å²) in [5.41, 5.74) is 6.03. The number of imidazole rings is 1. The molecule has 2 N–H and O–H groups in total. The molecule has 0 aliphatic carbocycles. The van der Waals surface area contributed by atoms with Crippen molar-refractivity contribution < 1.29 is 4.74 Å². The second kappa shape index (κ2) is 5.41. The van der Waals surface area contributed by atoms with Crippen molar-refractivity contribution in [1.82, 2.24) is 9.55 Å². The van der Waals surface area contributed by atoms with Crippen LogP contribution in [0.5, 0.6) is 0 Å². The van der Waals surface area contributed by atoms with E-state index < -0.39 is 0 Å². The molecule has 1 fully saturated rings. The molecule has 0 bridgehead atoms. The predicted molar refractivity (Wildman–Crippen MR) is 72.4 cm³/mol. The highest BCUT2D eigenvalue weighted by Gasteiger charge is 2.31. The highest BCUT2D eigenvalue weighted by Crippen LogP contribution is 2.30. The van der Waals surface area contributed by atoms with Gasteiger partial charge in [0.2, 0.25) is 0 Å². The maximum atomic E-state index is 6.03. The van der Waals surface area contributed by atoms with Crippen LogP contribution in [0.4, 0.5) is 0 Å². The summed E-state index contributed by atoms with van der Waals surface area (Å²) in [4.78, 5) is 4.41. The second-order valence-corrected chi connectivity index (χ2v) is 5.91. The lowest BCUT2D eigenvalue weighted by Gasteiger charge is -2.20. The lowest BCUT2D eigenvalue weighted by atomic mass is 10.1. The van der Waals surface area contributed by atoms with Gasteiger partial charge < -0.3 is 15.0 Å². The van der Waals surface area contributed by atoms with E-state index in [4.69, 9.17) is 10.5 Å². The van der Waals surface area contributed by atoms with E-state index in [1.807, 2.05) is 12.4 Å². The molecule has 2 rings (SSSR count). The minimum Gasteiger partial charge on any atom is -0.370 e. The number of nitrogens with zero attached hydrogens (tertiary/aromatic N) is 2. The molecule has 0 aromatic carbocycles. The lowest BCUT2D eigenvalue weighted by Crippen LogP contribution is -2.26. The Hall–Kier alpha value is -0.870. The first-order valence-electron chi connectivity index (χ1n) is 6.93. The van der Waals surface area contributed by atoms with Crippen molar-refractivity contribution in [3.05, 3.63) is 18.2 Å². The van der Waals surface area contributed by atoms with Gasteiger partial charge >= 0.3 is 0 Å². The van der Waals surface area contributed by atoms with Gasteiger partial charge in [0.1, 0.15) is 5.82 Å². The summed E-state index contributed by atoms with van der Waals surface area (Å²) < 4.78 is 8.22. The molecule has 2 unspecified atom stereocenters. The topological polar surface area (TPSA) is 53.1 Å². The number of ether oxygens (including phenoxy) is 1. The molecule has 4 nitrogen and oxygen atoms in total. The Morgan fingerprint density at radius 3 is 3.00 bits per heavy atom. The first-order valence-corrected chi connectivity index (χ1v) is 6.93. The minimum absolute atomic E-state index is 0.0330. The van der Waals surface area contributed by atoms with Crippen LogP contribution in [0.15, 0.2) is 12.4 Å². The van der Waals surface area contributed by atoms with E-state index in [0.717, 1.165) is 38.1 Å². The monoisotopic (exact) mass is 251 g/mol.